The van der Waals surface area contributed by atoms with E-state index in [0.717, 1.165) is 37.2 Å². The predicted molar refractivity (Wildman–Crippen MR) is 99.9 cm³/mol. The highest BCUT2D eigenvalue weighted by Crippen LogP contribution is 2.16. The van der Waals surface area contributed by atoms with Gasteiger partial charge in [0.1, 0.15) is 0 Å². The lowest BCUT2D eigenvalue weighted by Gasteiger charge is -2.20. The molecule has 3 rings (SSSR count). The Labute approximate surface area is 148 Å². The summed E-state index contributed by atoms with van der Waals surface area (Å²) < 4.78 is 0. The third kappa shape index (κ3) is 4.47. The summed E-state index contributed by atoms with van der Waals surface area (Å²) >= 11 is 0. The molecule has 130 valence electrons. The minimum Gasteiger partial charge on any atom is -0.339 e. The fourth-order valence-electron chi connectivity index (χ4n) is 3.09. The van der Waals surface area contributed by atoms with E-state index in [0.29, 0.717) is 11.1 Å². The van der Waals surface area contributed by atoms with Crippen LogP contribution in [0.15, 0.2) is 48.5 Å². The van der Waals surface area contributed by atoms with Crippen LogP contribution in [-0.4, -0.2) is 29.8 Å². The molecule has 1 saturated heterocycles. The quantitative estimate of drug-likeness (QED) is 0.910. The van der Waals surface area contributed by atoms with E-state index in [9.17, 15) is 9.59 Å². The van der Waals surface area contributed by atoms with E-state index in [1.807, 2.05) is 36.1 Å². The van der Waals surface area contributed by atoms with Gasteiger partial charge in [-0.25, -0.2) is 0 Å². The Morgan fingerprint density at radius 1 is 0.880 bits per heavy atom. The van der Waals surface area contributed by atoms with Crippen molar-refractivity contribution in [2.24, 2.45) is 0 Å². The average Bonchev–Trinajstić information content (AvgIpc) is 2.92. The van der Waals surface area contributed by atoms with Crippen molar-refractivity contribution < 1.29 is 9.59 Å². The zero-order valence-corrected chi connectivity index (χ0v) is 14.6. The van der Waals surface area contributed by atoms with Crippen molar-refractivity contribution in [3.05, 3.63) is 65.2 Å². The highest BCUT2D eigenvalue weighted by Gasteiger charge is 2.18. The highest BCUT2D eigenvalue weighted by molar-refractivity contribution is 6.06. The van der Waals surface area contributed by atoms with Gasteiger partial charge in [0.05, 0.1) is 0 Å². The van der Waals surface area contributed by atoms with Crippen molar-refractivity contribution in [1.82, 2.24) is 4.90 Å². The number of nitrogens with zero attached hydrogens (tertiary/aromatic N) is 1. The molecule has 1 fully saturated rings. The van der Waals surface area contributed by atoms with Crippen molar-refractivity contribution in [3.8, 4) is 0 Å². The number of hydrogen-bond donors (Lipinski definition) is 1. The number of rotatable bonds is 3. The molecule has 0 atom stereocenters. The Bertz CT molecular complexity index is 745. The van der Waals surface area contributed by atoms with E-state index in [1.54, 1.807) is 24.3 Å². The molecule has 0 spiro atoms. The molecule has 0 bridgehead atoms. The van der Waals surface area contributed by atoms with Gasteiger partial charge in [0.25, 0.3) is 11.8 Å². The Morgan fingerprint density at radius 3 is 2.20 bits per heavy atom. The molecular formula is C21H24N2O2. The summed E-state index contributed by atoms with van der Waals surface area (Å²) in [4.78, 5) is 27.1. The molecule has 4 heteroatoms. The Hall–Kier alpha value is -2.62. The molecule has 4 nitrogen and oxygen atoms in total. The van der Waals surface area contributed by atoms with Crippen LogP contribution >= 0.6 is 0 Å². The third-order valence-electron chi connectivity index (χ3n) is 4.57. The molecule has 1 aliphatic heterocycles. The van der Waals surface area contributed by atoms with Crippen LogP contribution in [0, 0.1) is 6.92 Å². The number of aryl methyl sites for hydroxylation is 1. The zero-order valence-electron chi connectivity index (χ0n) is 14.6. The van der Waals surface area contributed by atoms with Gasteiger partial charge in [0, 0.05) is 29.9 Å². The first-order chi connectivity index (χ1) is 12.1. The molecule has 1 N–H and O–H groups in total. The van der Waals surface area contributed by atoms with Gasteiger partial charge in [-0.3, -0.25) is 9.59 Å². The largest absolute Gasteiger partial charge is 0.339 e. The molecule has 0 saturated carbocycles. The molecule has 25 heavy (non-hydrogen) atoms. The lowest BCUT2D eigenvalue weighted by molar-refractivity contribution is 0.0761. The predicted octanol–water partition coefficient (Wildman–Crippen LogP) is 4.26. The lowest BCUT2D eigenvalue weighted by atomic mass is 10.1. The molecular weight excluding hydrogens is 312 g/mol. The number of carbonyl (C=O) groups is 2. The molecule has 1 heterocycles. The molecule has 2 aromatic rings. The molecule has 0 aromatic heterocycles. The molecule has 2 aromatic carbocycles. The summed E-state index contributed by atoms with van der Waals surface area (Å²) in [6.07, 6.45) is 4.48. The number of benzene rings is 2. The molecule has 0 aliphatic carbocycles. The molecule has 2 amide bonds. The first-order valence-electron chi connectivity index (χ1n) is 8.91. The van der Waals surface area contributed by atoms with Gasteiger partial charge in [0.2, 0.25) is 0 Å². The summed E-state index contributed by atoms with van der Waals surface area (Å²) in [5.74, 6) is -0.179. The minimum absolute atomic E-state index is 0.0203. The maximum Gasteiger partial charge on any atom is 0.255 e. The smallest absolute Gasteiger partial charge is 0.255 e. The number of nitrogens with one attached hydrogen (secondary N) is 1. The standard InChI is InChI=1S/C21H24N2O2/c1-16-9-11-19(12-10-16)22-20(24)17-7-6-8-18(15-17)21(25)23-13-4-2-3-5-14-23/h6-12,15H,2-5,13-14H2,1H3,(H,22,24). The van der Waals surface area contributed by atoms with Crippen LogP contribution in [0.25, 0.3) is 0 Å². The van der Waals surface area contributed by atoms with Gasteiger partial charge in [-0.2, -0.15) is 0 Å². The Balaban J connectivity index is 1.72. The van der Waals surface area contributed by atoms with E-state index >= 15 is 0 Å². The summed E-state index contributed by atoms with van der Waals surface area (Å²) in [5, 5.41) is 2.88. The van der Waals surface area contributed by atoms with Gasteiger partial charge >= 0.3 is 0 Å². The second-order valence-electron chi connectivity index (χ2n) is 6.61. The van der Waals surface area contributed by atoms with E-state index in [-0.39, 0.29) is 11.8 Å². The van der Waals surface area contributed by atoms with Crippen molar-refractivity contribution in [2.45, 2.75) is 32.6 Å². The summed E-state index contributed by atoms with van der Waals surface area (Å²) in [6.45, 7) is 3.61. The van der Waals surface area contributed by atoms with Crippen LogP contribution < -0.4 is 5.32 Å². The van der Waals surface area contributed by atoms with Crippen LogP contribution in [-0.2, 0) is 0 Å². The van der Waals surface area contributed by atoms with Crippen molar-refractivity contribution in [1.29, 1.82) is 0 Å². The fourth-order valence-corrected chi connectivity index (χ4v) is 3.09. The average molecular weight is 336 g/mol. The normalized spacial score (nSPS) is 14.7. The van der Waals surface area contributed by atoms with E-state index in [2.05, 4.69) is 5.32 Å². The van der Waals surface area contributed by atoms with E-state index < -0.39 is 0 Å². The summed E-state index contributed by atoms with van der Waals surface area (Å²) in [5.41, 5.74) is 2.97. The maximum absolute atomic E-state index is 12.7. The number of anilines is 1. The first-order valence-corrected chi connectivity index (χ1v) is 8.91. The van der Waals surface area contributed by atoms with Gasteiger partial charge in [-0.05, 0) is 50.1 Å². The van der Waals surface area contributed by atoms with Crippen molar-refractivity contribution in [3.63, 3.8) is 0 Å². The molecule has 0 radical (unpaired) electrons. The second kappa shape index (κ2) is 7.97. The Kier molecular flexibility index (Phi) is 5.49. The van der Waals surface area contributed by atoms with Gasteiger partial charge in [-0.1, -0.05) is 36.6 Å². The van der Waals surface area contributed by atoms with E-state index in [1.165, 1.54) is 12.8 Å². The number of hydrogen-bond acceptors (Lipinski definition) is 2. The lowest BCUT2D eigenvalue weighted by Crippen LogP contribution is -2.32. The van der Waals surface area contributed by atoms with Gasteiger partial charge in [-0.15, -0.1) is 0 Å². The number of likely N-dealkylation sites (tertiary alicyclic amines) is 1. The summed E-state index contributed by atoms with van der Waals surface area (Å²) in [7, 11) is 0. The zero-order chi connectivity index (χ0) is 17.6. The second-order valence-corrected chi connectivity index (χ2v) is 6.61. The minimum atomic E-state index is -0.200. The van der Waals surface area contributed by atoms with Crippen LogP contribution in [0.5, 0.6) is 0 Å². The topological polar surface area (TPSA) is 49.4 Å². The van der Waals surface area contributed by atoms with Gasteiger partial charge < -0.3 is 10.2 Å². The van der Waals surface area contributed by atoms with E-state index in [4.69, 9.17) is 0 Å². The number of amides is 2. The highest BCUT2D eigenvalue weighted by atomic mass is 16.2. The van der Waals surface area contributed by atoms with Crippen LogP contribution in [0.1, 0.15) is 52.0 Å². The van der Waals surface area contributed by atoms with Crippen LogP contribution in [0.3, 0.4) is 0 Å². The van der Waals surface area contributed by atoms with Crippen LogP contribution in [0.4, 0.5) is 5.69 Å². The first kappa shape index (κ1) is 17.2. The van der Waals surface area contributed by atoms with Crippen molar-refractivity contribution in [2.75, 3.05) is 18.4 Å². The number of carbonyl (C=O) groups excluding carboxylic acids is 2. The monoisotopic (exact) mass is 336 g/mol. The maximum atomic E-state index is 12.7. The summed E-state index contributed by atoms with van der Waals surface area (Å²) in [6, 6.07) is 14.6. The fraction of sp³-hybridized carbons (Fsp3) is 0.333. The van der Waals surface area contributed by atoms with Crippen LogP contribution in [0.2, 0.25) is 0 Å². The van der Waals surface area contributed by atoms with Gasteiger partial charge in [0.15, 0.2) is 0 Å². The Morgan fingerprint density at radius 2 is 1.52 bits per heavy atom. The molecule has 1 aliphatic rings. The SMILES string of the molecule is Cc1ccc(NC(=O)c2cccc(C(=O)N3CCCCCC3)c2)cc1. The van der Waals surface area contributed by atoms with Crippen molar-refractivity contribution >= 4 is 17.5 Å². The third-order valence-corrected chi connectivity index (χ3v) is 4.57. The molecule has 0 unspecified atom stereocenters.